The molecule has 0 saturated carbocycles. The number of pyridine rings is 2. The summed E-state index contributed by atoms with van der Waals surface area (Å²) in [5.41, 5.74) is 12.5. The third-order valence-corrected chi connectivity index (χ3v) is 5.90. The van der Waals surface area contributed by atoms with Gasteiger partial charge in [-0.05, 0) is 76.6 Å². The predicted octanol–water partition coefficient (Wildman–Crippen LogP) is 5.09. The zero-order chi connectivity index (χ0) is 20.7. The Morgan fingerprint density at radius 3 is 1.97 bits per heavy atom. The van der Waals surface area contributed by atoms with Gasteiger partial charge in [-0.25, -0.2) is 9.97 Å². The minimum atomic E-state index is -0.571. The zero-order valence-corrected chi connectivity index (χ0v) is 16.1. The van der Waals surface area contributed by atoms with Crippen LogP contribution in [0.4, 0.5) is 14.5 Å². The minimum Gasteiger partial charge on any atom is -0.398 e. The Balaban J connectivity index is 1.78. The maximum atomic E-state index is 13.9. The molecule has 1 aliphatic carbocycles. The molecule has 3 nitrogen and oxygen atoms in total. The van der Waals surface area contributed by atoms with Crippen LogP contribution in [0.5, 0.6) is 0 Å². The Kier molecular flexibility index (Phi) is 4.31. The molecule has 0 amide bonds. The van der Waals surface area contributed by atoms with Gasteiger partial charge < -0.3 is 5.73 Å². The van der Waals surface area contributed by atoms with Crippen LogP contribution in [-0.2, 0) is 18.3 Å². The fourth-order valence-electron chi connectivity index (χ4n) is 4.83. The summed E-state index contributed by atoms with van der Waals surface area (Å²) in [5, 5.41) is 0. The number of halogens is 2. The van der Waals surface area contributed by atoms with E-state index >= 15 is 0 Å². The summed E-state index contributed by atoms with van der Waals surface area (Å²) < 4.78 is 27.8. The average Bonchev–Trinajstić information content (AvgIpc) is 2.99. The normalized spacial score (nSPS) is 13.7. The molecule has 5 heteroatoms. The van der Waals surface area contributed by atoms with Gasteiger partial charge in [-0.3, -0.25) is 0 Å². The smallest absolute Gasteiger partial charge is 0.213 e. The van der Waals surface area contributed by atoms with E-state index in [1.54, 1.807) is 0 Å². The summed E-state index contributed by atoms with van der Waals surface area (Å²) in [7, 11) is 0. The van der Waals surface area contributed by atoms with Gasteiger partial charge in [0, 0.05) is 23.5 Å². The van der Waals surface area contributed by atoms with Gasteiger partial charge >= 0.3 is 0 Å². The lowest BCUT2D eigenvalue weighted by Crippen LogP contribution is -2.32. The van der Waals surface area contributed by atoms with Crippen LogP contribution in [0.25, 0.3) is 11.1 Å². The van der Waals surface area contributed by atoms with Crippen molar-refractivity contribution in [2.24, 2.45) is 0 Å². The number of anilines is 1. The molecule has 30 heavy (non-hydrogen) atoms. The van der Waals surface area contributed by atoms with Gasteiger partial charge in [-0.15, -0.1) is 0 Å². The van der Waals surface area contributed by atoms with Crippen molar-refractivity contribution in [1.29, 1.82) is 0 Å². The van der Waals surface area contributed by atoms with Gasteiger partial charge in [0.15, 0.2) is 0 Å². The molecule has 0 saturated heterocycles. The number of rotatable bonds is 4. The molecule has 2 N–H and O–H groups in total. The maximum absolute atomic E-state index is 13.9. The highest BCUT2D eigenvalue weighted by Gasteiger charge is 2.44. The summed E-state index contributed by atoms with van der Waals surface area (Å²) in [6, 6.07) is 20.6. The molecule has 2 aromatic heterocycles. The van der Waals surface area contributed by atoms with E-state index in [-0.39, 0.29) is 0 Å². The first-order valence-corrected chi connectivity index (χ1v) is 9.76. The maximum Gasteiger partial charge on any atom is 0.213 e. The minimum absolute atomic E-state index is 0.509. The third kappa shape index (κ3) is 2.94. The Morgan fingerprint density at radius 2 is 1.33 bits per heavy atom. The van der Waals surface area contributed by atoms with E-state index in [0.29, 0.717) is 18.5 Å². The summed E-state index contributed by atoms with van der Waals surface area (Å²) >= 11 is 0. The number of fused-ring (bicyclic) bond motifs is 3. The van der Waals surface area contributed by atoms with E-state index in [2.05, 4.69) is 28.2 Å². The van der Waals surface area contributed by atoms with E-state index < -0.39 is 17.3 Å². The van der Waals surface area contributed by atoms with Gasteiger partial charge in [-0.2, -0.15) is 8.78 Å². The summed E-state index contributed by atoms with van der Waals surface area (Å²) in [4.78, 5) is 7.38. The molecular weight excluding hydrogens is 380 g/mol. The molecule has 0 bridgehead atoms. The Bertz CT molecular complexity index is 1210. The molecule has 0 radical (unpaired) electrons. The van der Waals surface area contributed by atoms with Crippen molar-refractivity contribution in [3.05, 3.63) is 113 Å². The van der Waals surface area contributed by atoms with Gasteiger partial charge in [0.05, 0.1) is 0 Å². The van der Waals surface area contributed by atoms with Gasteiger partial charge in [0.25, 0.3) is 0 Å². The standard InChI is InChI=1S/C25H19F2N3/c26-22-12-16(8-10-29-22)14-25(15-17-9-11-30-23(27)13-17)20-6-2-1-4-18(20)19-5-3-7-21(28)24(19)25/h1-13H,14-15,28H2. The Hall–Kier alpha value is -3.60. The summed E-state index contributed by atoms with van der Waals surface area (Å²) in [5.74, 6) is -1.05. The molecule has 0 aliphatic heterocycles. The van der Waals surface area contributed by atoms with Crippen LogP contribution in [0.3, 0.4) is 0 Å². The quantitative estimate of drug-likeness (QED) is 0.384. The number of benzene rings is 2. The zero-order valence-electron chi connectivity index (χ0n) is 16.1. The number of hydrogen-bond acceptors (Lipinski definition) is 3. The number of nitrogens with zero attached hydrogens (tertiary/aromatic N) is 2. The highest BCUT2D eigenvalue weighted by Crippen LogP contribution is 2.54. The lowest BCUT2D eigenvalue weighted by Gasteiger charge is -2.33. The molecule has 4 aromatic rings. The van der Waals surface area contributed by atoms with Crippen LogP contribution in [0.15, 0.2) is 79.1 Å². The van der Waals surface area contributed by atoms with Crippen molar-refractivity contribution in [2.45, 2.75) is 18.3 Å². The first-order valence-electron chi connectivity index (χ1n) is 9.76. The summed E-state index contributed by atoms with van der Waals surface area (Å²) in [6.45, 7) is 0. The molecule has 0 unspecified atom stereocenters. The molecule has 0 atom stereocenters. The number of nitrogen functional groups attached to an aromatic ring is 1. The fourth-order valence-corrected chi connectivity index (χ4v) is 4.83. The average molecular weight is 399 g/mol. The van der Waals surface area contributed by atoms with Crippen LogP contribution in [0.1, 0.15) is 22.3 Å². The highest BCUT2D eigenvalue weighted by atomic mass is 19.1. The first-order chi connectivity index (χ1) is 14.6. The van der Waals surface area contributed by atoms with Crippen molar-refractivity contribution in [3.63, 3.8) is 0 Å². The molecule has 1 aliphatic rings. The first kappa shape index (κ1) is 18.4. The van der Waals surface area contributed by atoms with Crippen LogP contribution >= 0.6 is 0 Å². The number of hydrogen-bond donors (Lipinski definition) is 1. The van der Waals surface area contributed by atoms with Crippen molar-refractivity contribution in [2.75, 3.05) is 5.73 Å². The molecule has 5 rings (SSSR count). The van der Waals surface area contributed by atoms with Crippen molar-refractivity contribution in [1.82, 2.24) is 9.97 Å². The SMILES string of the molecule is Nc1cccc2c1C(Cc1ccnc(F)c1)(Cc1ccnc(F)c1)c1ccccc1-2. The topological polar surface area (TPSA) is 51.8 Å². The fraction of sp³-hybridized carbons (Fsp3) is 0.120. The second-order valence-electron chi connectivity index (χ2n) is 7.72. The number of nitrogens with two attached hydrogens (primary N) is 1. The van der Waals surface area contributed by atoms with Gasteiger partial charge in [0.2, 0.25) is 11.9 Å². The van der Waals surface area contributed by atoms with Crippen LogP contribution < -0.4 is 5.73 Å². The van der Waals surface area contributed by atoms with Crippen molar-refractivity contribution >= 4 is 5.69 Å². The molecule has 0 spiro atoms. The van der Waals surface area contributed by atoms with Gasteiger partial charge in [0.1, 0.15) is 0 Å². The molecule has 0 fully saturated rings. The molecule has 2 aromatic carbocycles. The largest absolute Gasteiger partial charge is 0.398 e. The van der Waals surface area contributed by atoms with Crippen molar-refractivity contribution in [3.8, 4) is 11.1 Å². The Morgan fingerprint density at radius 1 is 0.733 bits per heavy atom. The monoisotopic (exact) mass is 399 g/mol. The van der Waals surface area contributed by atoms with E-state index in [1.165, 1.54) is 24.5 Å². The molecule has 148 valence electrons. The van der Waals surface area contributed by atoms with Crippen LogP contribution in [0, 0.1) is 11.9 Å². The summed E-state index contributed by atoms with van der Waals surface area (Å²) in [6.07, 6.45) is 3.96. The van der Waals surface area contributed by atoms with Crippen LogP contribution in [-0.4, -0.2) is 9.97 Å². The molecular formula is C25H19F2N3. The van der Waals surface area contributed by atoms with E-state index in [0.717, 1.165) is 33.4 Å². The van der Waals surface area contributed by atoms with E-state index in [9.17, 15) is 8.78 Å². The second kappa shape index (κ2) is 7.02. The number of aromatic nitrogens is 2. The highest BCUT2D eigenvalue weighted by molar-refractivity contribution is 5.86. The molecule has 2 heterocycles. The van der Waals surface area contributed by atoms with E-state index in [1.807, 2.05) is 36.4 Å². The van der Waals surface area contributed by atoms with E-state index in [4.69, 9.17) is 5.73 Å². The third-order valence-electron chi connectivity index (χ3n) is 5.90. The van der Waals surface area contributed by atoms with Crippen LogP contribution in [0.2, 0.25) is 0 Å². The van der Waals surface area contributed by atoms with Crippen molar-refractivity contribution < 1.29 is 8.78 Å². The lowest BCUT2D eigenvalue weighted by molar-refractivity contribution is 0.511. The predicted molar refractivity (Wildman–Crippen MR) is 113 cm³/mol. The lowest BCUT2D eigenvalue weighted by atomic mass is 9.69. The second-order valence-corrected chi connectivity index (χ2v) is 7.72. The Labute approximate surface area is 173 Å². The van der Waals surface area contributed by atoms with Gasteiger partial charge in [-0.1, -0.05) is 36.4 Å².